The molecule has 1 aliphatic rings. The molecule has 132 valence electrons. The van der Waals surface area contributed by atoms with E-state index in [0.717, 1.165) is 18.5 Å². The Kier molecular flexibility index (Phi) is 4.83. The molecule has 1 heterocycles. The zero-order chi connectivity index (χ0) is 18.0. The van der Waals surface area contributed by atoms with Crippen LogP contribution in [0.25, 0.3) is 5.69 Å². The van der Waals surface area contributed by atoms with Crippen molar-refractivity contribution in [1.29, 1.82) is 0 Å². The Labute approximate surface area is 145 Å². The second-order valence-electron chi connectivity index (χ2n) is 6.25. The van der Waals surface area contributed by atoms with Crippen LogP contribution >= 0.6 is 0 Å². The van der Waals surface area contributed by atoms with Gasteiger partial charge in [-0.3, -0.25) is 9.59 Å². The fourth-order valence-electron chi connectivity index (χ4n) is 2.69. The van der Waals surface area contributed by atoms with Gasteiger partial charge in [-0.2, -0.15) is 5.10 Å². The molecule has 6 nitrogen and oxygen atoms in total. The van der Waals surface area contributed by atoms with Crippen LogP contribution in [-0.4, -0.2) is 46.1 Å². The van der Waals surface area contributed by atoms with Gasteiger partial charge in [0.15, 0.2) is 0 Å². The van der Waals surface area contributed by atoms with Crippen molar-refractivity contribution >= 4 is 11.8 Å². The Morgan fingerprint density at radius 2 is 2.00 bits per heavy atom. The SMILES string of the molecule is CCc1c(C(=O)N(C)CC(=O)NC2CC2)cnn1-c1ccc(F)cc1. The minimum absolute atomic E-state index is 0.0141. The van der Waals surface area contributed by atoms with Gasteiger partial charge in [0.2, 0.25) is 5.91 Å². The maximum atomic E-state index is 13.1. The first kappa shape index (κ1) is 17.1. The first-order chi connectivity index (χ1) is 12.0. The van der Waals surface area contributed by atoms with Gasteiger partial charge in [0, 0.05) is 13.1 Å². The third kappa shape index (κ3) is 3.87. The highest BCUT2D eigenvalue weighted by Gasteiger charge is 2.26. The standard InChI is InChI=1S/C18H21FN4O2/c1-3-16-15(10-20-23(16)14-8-4-12(19)5-9-14)18(25)22(2)11-17(24)21-13-6-7-13/h4-5,8-10,13H,3,6-7,11H2,1-2H3,(H,21,24). The molecule has 0 saturated heterocycles. The van der Waals surface area contributed by atoms with E-state index in [4.69, 9.17) is 0 Å². The molecule has 25 heavy (non-hydrogen) atoms. The van der Waals surface area contributed by atoms with E-state index in [2.05, 4.69) is 10.4 Å². The van der Waals surface area contributed by atoms with Crippen LogP contribution in [0.4, 0.5) is 4.39 Å². The molecule has 0 aliphatic heterocycles. The van der Waals surface area contributed by atoms with Gasteiger partial charge < -0.3 is 10.2 Å². The van der Waals surface area contributed by atoms with E-state index in [0.29, 0.717) is 17.7 Å². The molecular formula is C18H21FN4O2. The van der Waals surface area contributed by atoms with Gasteiger partial charge >= 0.3 is 0 Å². The summed E-state index contributed by atoms with van der Waals surface area (Å²) in [5.74, 6) is -0.731. The minimum atomic E-state index is -0.327. The molecule has 1 aromatic heterocycles. The van der Waals surface area contributed by atoms with E-state index >= 15 is 0 Å². The fraction of sp³-hybridized carbons (Fsp3) is 0.389. The molecule has 0 radical (unpaired) electrons. The number of nitrogens with one attached hydrogen (secondary N) is 1. The summed E-state index contributed by atoms with van der Waals surface area (Å²) in [6.07, 6.45) is 4.10. The Balaban J connectivity index is 1.77. The molecule has 0 bridgehead atoms. The van der Waals surface area contributed by atoms with Crippen LogP contribution in [-0.2, 0) is 11.2 Å². The molecular weight excluding hydrogens is 323 g/mol. The van der Waals surface area contributed by atoms with Crippen molar-refractivity contribution in [3.63, 3.8) is 0 Å². The normalized spacial score (nSPS) is 13.6. The zero-order valence-corrected chi connectivity index (χ0v) is 14.3. The summed E-state index contributed by atoms with van der Waals surface area (Å²) in [6, 6.07) is 6.20. The first-order valence-corrected chi connectivity index (χ1v) is 8.37. The molecule has 7 heteroatoms. The molecule has 0 spiro atoms. The number of likely N-dealkylation sites (N-methyl/N-ethyl adjacent to an activating group) is 1. The van der Waals surface area contributed by atoms with Crippen molar-refractivity contribution < 1.29 is 14.0 Å². The Morgan fingerprint density at radius 3 is 2.60 bits per heavy atom. The second-order valence-corrected chi connectivity index (χ2v) is 6.25. The van der Waals surface area contributed by atoms with E-state index in [1.165, 1.54) is 23.2 Å². The van der Waals surface area contributed by atoms with Gasteiger partial charge in [-0.05, 0) is 43.5 Å². The van der Waals surface area contributed by atoms with Crippen LogP contribution in [0.15, 0.2) is 30.5 Å². The Hall–Kier alpha value is -2.70. The summed E-state index contributed by atoms with van der Waals surface area (Å²) in [5, 5.41) is 7.14. The van der Waals surface area contributed by atoms with E-state index in [1.807, 2.05) is 6.92 Å². The molecule has 2 amide bonds. The van der Waals surface area contributed by atoms with Crippen LogP contribution in [0.3, 0.4) is 0 Å². The predicted octanol–water partition coefficient (Wildman–Crippen LogP) is 1.92. The number of rotatable bonds is 6. The zero-order valence-electron chi connectivity index (χ0n) is 14.3. The maximum Gasteiger partial charge on any atom is 0.257 e. The van der Waals surface area contributed by atoms with E-state index in [9.17, 15) is 14.0 Å². The van der Waals surface area contributed by atoms with Crippen LogP contribution < -0.4 is 5.32 Å². The number of carbonyl (C=O) groups excluding carboxylic acids is 2. The number of benzene rings is 1. The van der Waals surface area contributed by atoms with Crippen LogP contribution in [0.5, 0.6) is 0 Å². The summed E-state index contributed by atoms with van der Waals surface area (Å²) in [7, 11) is 1.60. The van der Waals surface area contributed by atoms with Crippen molar-refractivity contribution in [3.05, 3.63) is 47.5 Å². The lowest BCUT2D eigenvalue weighted by atomic mass is 10.1. The third-order valence-corrected chi connectivity index (χ3v) is 4.18. The van der Waals surface area contributed by atoms with Gasteiger partial charge in [0.1, 0.15) is 5.82 Å². The lowest BCUT2D eigenvalue weighted by Crippen LogP contribution is -2.39. The van der Waals surface area contributed by atoms with Crippen LogP contribution in [0.1, 0.15) is 35.8 Å². The maximum absolute atomic E-state index is 13.1. The molecule has 1 aromatic carbocycles. The summed E-state index contributed by atoms with van der Waals surface area (Å²) in [5.41, 5.74) is 1.87. The highest BCUT2D eigenvalue weighted by Crippen LogP contribution is 2.19. The number of halogens is 1. The Bertz CT molecular complexity index is 781. The summed E-state index contributed by atoms with van der Waals surface area (Å²) in [6.45, 7) is 1.94. The number of aromatic nitrogens is 2. The smallest absolute Gasteiger partial charge is 0.257 e. The number of hydrogen-bond donors (Lipinski definition) is 1. The number of amides is 2. The number of carbonyl (C=O) groups is 2. The van der Waals surface area contributed by atoms with Gasteiger partial charge in [0.25, 0.3) is 5.91 Å². The largest absolute Gasteiger partial charge is 0.352 e. The van der Waals surface area contributed by atoms with Crippen molar-refractivity contribution in [3.8, 4) is 5.69 Å². The van der Waals surface area contributed by atoms with Crippen molar-refractivity contribution in [2.45, 2.75) is 32.2 Å². The topological polar surface area (TPSA) is 67.2 Å². The lowest BCUT2D eigenvalue weighted by molar-refractivity contribution is -0.121. The highest BCUT2D eigenvalue weighted by atomic mass is 19.1. The molecule has 1 fully saturated rings. The summed E-state index contributed by atoms with van der Waals surface area (Å²) >= 11 is 0. The van der Waals surface area contributed by atoms with E-state index in [1.54, 1.807) is 23.9 Å². The molecule has 1 saturated carbocycles. The molecule has 1 aliphatic carbocycles. The van der Waals surface area contributed by atoms with Gasteiger partial charge in [-0.25, -0.2) is 9.07 Å². The fourth-order valence-corrected chi connectivity index (χ4v) is 2.69. The van der Waals surface area contributed by atoms with E-state index in [-0.39, 0.29) is 30.2 Å². The van der Waals surface area contributed by atoms with Crippen molar-refractivity contribution in [1.82, 2.24) is 20.0 Å². The average Bonchev–Trinajstić information content (AvgIpc) is 3.29. The first-order valence-electron chi connectivity index (χ1n) is 8.37. The quantitative estimate of drug-likeness (QED) is 0.871. The molecule has 2 aromatic rings. The van der Waals surface area contributed by atoms with Crippen LogP contribution in [0.2, 0.25) is 0 Å². The Morgan fingerprint density at radius 1 is 1.32 bits per heavy atom. The van der Waals surface area contributed by atoms with Crippen molar-refractivity contribution in [2.24, 2.45) is 0 Å². The van der Waals surface area contributed by atoms with Gasteiger partial charge in [-0.15, -0.1) is 0 Å². The summed E-state index contributed by atoms with van der Waals surface area (Å²) in [4.78, 5) is 26.0. The average molecular weight is 344 g/mol. The molecule has 0 atom stereocenters. The molecule has 0 unspecified atom stereocenters. The van der Waals surface area contributed by atoms with Gasteiger partial charge in [-0.1, -0.05) is 6.92 Å². The minimum Gasteiger partial charge on any atom is -0.352 e. The van der Waals surface area contributed by atoms with Gasteiger partial charge in [0.05, 0.1) is 29.7 Å². The molecule has 1 N–H and O–H groups in total. The monoisotopic (exact) mass is 344 g/mol. The highest BCUT2D eigenvalue weighted by molar-refractivity contribution is 5.97. The third-order valence-electron chi connectivity index (χ3n) is 4.18. The number of nitrogens with zero attached hydrogens (tertiary/aromatic N) is 3. The van der Waals surface area contributed by atoms with Crippen molar-refractivity contribution in [2.75, 3.05) is 13.6 Å². The van der Waals surface area contributed by atoms with Crippen LogP contribution in [0, 0.1) is 5.82 Å². The lowest BCUT2D eigenvalue weighted by Gasteiger charge is -2.17. The second kappa shape index (κ2) is 7.04. The molecule has 3 rings (SSSR count). The van der Waals surface area contributed by atoms with E-state index < -0.39 is 0 Å². The number of hydrogen-bond acceptors (Lipinski definition) is 3. The predicted molar refractivity (Wildman–Crippen MR) is 91.0 cm³/mol. The summed E-state index contributed by atoms with van der Waals surface area (Å²) < 4.78 is 14.7.